The highest BCUT2D eigenvalue weighted by molar-refractivity contribution is 7.85. The van der Waals surface area contributed by atoms with E-state index in [4.69, 9.17) is 0 Å². The third kappa shape index (κ3) is 3.28. The predicted molar refractivity (Wildman–Crippen MR) is 90.2 cm³/mol. The van der Waals surface area contributed by atoms with E-state index in [1.54, 1.807) is 0 Å². The Balaban J connectivity index is 2.51. The second-order valence-electron chi connectivity index (χ2n) is 5.77. The Morgan fingerprint density at radius 2 is 1.77 bits per heavy atom. The van der Waals surface area contributed by atoms with Gasteiger partial charge < -0.3 is 0 Å². The van der Waals surface area contributed by atoms with Crippen molar-refractivity contribution in [3.63, 3.8) is 0 Å². The molecule has 2 rings (SSSR count). The summed E-state index contributed by atoms with van der Waals surface area (Å²) in [6.07, 6.45) is 1.67. The van der Waals surface area contributed by atoms with Crippen LogP contribution >= 0.6 is 0 Å². The molecule has 0 aliphatic heterocycles. The van der Waals surface area contributed by atoms with Crippen LogP contribution in [0.5, 0.6) is 0 Å². The first kappa shape index (κ1) is 16.5. The van der Waals surface area contributed by atoms with Crippen molar-refractivity contribution in [3.8, 4) is 6.07 Å². The molecule has 3 heteroatoms. The van der Waals surface area contributed by atoms with E-state index in [2.05, 4.69) is 13.0 Å². The quantitative estimate of drug-likeness (QED) is 0.800. The monoisotopic (exact) mass is 311 g/mol. The van der Waals surface area contributed by atoms with E-state index < -0.39 is 16.2 Å². The summed E-state index contributed by atoms with van der Waals surface area (Å²) in [6, 6.07) is 17.7. The number of aryl methyl sites for hydroxylation is 1. The first-order valence-electron chi connectivity index (χ1n) is 7.51. The maximum absolute atomic E-state index is 12.9. The molecule has 2 aromatic carbocycles. The van der Waals surface area contributed by atoms with Crippen LogP contribution in [0.3, 0.4) is 0 Å². The molecule has 0 aromatic heterocycles. The first-order chi connectivity index (χ1) is 10.5. The topological polar surface area (TPSA) is 40.9 Å². The van der Waals surface area contributed by atoms with Gasteiger partial charge in [0.25, 0.3) is 0 Å². The maximum Gasteiger partial charge on any atom is 0.0852 e. The van der Waals surface area contributed by atoms with Crippen molar-refractivity contribution in [1.82, 2.24) is 0 Å². The molecule has 0 N–H and O–H groups in total. The summed E-state index contributed by atoms with van der Waals surface area (Å²) in [6.45, 7) is 6.01. The third-order valence-corrected chi connectivity index (χ3v) is 5.37. The van der Waals surface area contributed by atoms with Crippen molar-refractivity contribution in [1.29, 1.82) is 5.26 Å². The molecule has 0 heterocycles. The van der Waals surface area contributed by atoms with Gasteiger partial charge in [0.05, 0.1) is 22.3 Å². The molecule has 22 heavy (non-hydrogen) atoms. The van der Waals surface area contributed by atoms with Crippen LogP contribution in [0.2, 0.25) is 0 Å². The molecular formula is C19H21NOS. The number of hydrogen-bond donors (Lipinski definition) is 0. The van der Waals surface area contributed by atoms with Crippen LogP contribution in [0.25, 0.3) is 0 Å². The smallest absolute Gasteiger partial charge is 0.0852 e. The summed E-state index contributed by atoms with van der Waals surface area (Å²) >= 11 is 0. The van der Waals surface area contributed by atoms with Crippen molar-refractivity contribution >= 4 is 10.8 Å². The molecule has 0 aliphatic carbocycles. The second-order valence-corrected chi connectivity index (χ2v) is 7.22. The zero-order valence-corrected chi connectivity index (χ0v) is 14.1. The predicted octanol–water partition coefficient (Wildman–Crippen LogP) is 4.74. The van der Waals surface area contributed by atoms with Gasteiger partial charge in [0.1, 0.15) is 0 Å². The molecule has 2 aromatic rings. The van der Waals surface area contributed by atoms with Crippen molar-refractivity contribution in [2.75, 3.05) is 0 Å². The van der Waals surface area contributed by atoms with E-state index in [-0.39, 0.29) is 0 Å². The minimum atomic E-state index is -1.27. The maximum atomic E-state index is 12.9. The fourth-order valence-corrected chi connectivity index (χ4v) is 3.96. The average Bonchev–Trinajstić information content (AvgIpc) is 2.55. The average molecular weight is 311 g/mol. The van der Waals surface area contributed by atoms with Crippen molar-refractivity contribution in [2.45, 2.75) is 48.8 Å². The highest BCUT2D eigenvalue weighted by atomic mass is 32.2. The van der Waals surface area contributed by atoms with Gasteiger partial charge in [-0.05, 0) is 44.0 Å². The van der Waals surface area contributed by atoms with Gasteiger partial charge >= 0.3 is 0 Å². The number of benzene rings is 2. The van der Waals surface area contributed by atoms with Gasteiger partial charge in [-0.25, -0.2) is 4.21 Å². The molecule has 2 atom stereocenters. The summed E-state index contributed by atoms with van der Waals surface area (Å²) in [5.41, 5.74) is 1.41. The summed E-state index contributed by atoms with van der Waals surface area (Å²) < 4.78 is 12.9. The van der Waals surface area contributed by atoms with E-state index in [1.807, 2.05) is 62.4 Å². The zero-order chi connectivity index (χ0) is 16.2. The van der Waals surface area contributed by atoms with Gasteiger partial charge in [0, 0.05) is 9.79 Å². The molecule has 0 saturated carbocycles. The zero-order valence-electron chi connectivity index (χ0n) is 13.3. The first-order valence-corrected chi connectivity index (χ1v) is 8.66. The van der Waals surface area contributed by atoms with Crippen LogP contribution in [-0.4, -0.2) is 4.21 Å². The van der Waals surface area contributed by atoms with E-state index in [0.717, 1.165) is 33.8 Å². The lowest BCUT2D eigenvalue weighted by atomic mass is 9.80. The van der Waals surface area contributed by atoms with Crippen LogP contribution in [0.4, 0.5) is 0 Å². The SMILES string of the molecule is CCC[C@](C)(C#N)c1ccccc1S(=O)c1ccc(C)cc1. The van der Waals surface area contributed by atoms with E-state index in [0.29, 0.717) is 0 Å². The van der Waals surface area contributed by atoms with Gasteiger partial charge in [-0.1, -0.05) is 49.2 Å². The summed E-state index contributed by atoms with van der Waals surface area (Å²) in [7, 11) is -1.27. The van der Waals surface area contributed by atoms with Crippen LogP contribution in [0.1, 0.15) is 37.8 Å². The molecule has 0 amide bonds. The molecule has 0 aliphatic rings. The molecule has 1 unspecified atom stereocenters. The second kappa shape index (κ2) is 6.89. The fourth-order valence-electron chi connectivity index (χ4n) is 2.62. The fraction of sp³-hybridized carbons (Fsp3) is 0.316. The Hall–Kier alpha value is -1.92. The van der Waals surface area contributed by atoms with Gasteiger partial charge in [-0.15, -0.1) is 0 Å². The number of nitrogens with zero attached hydrogens (tertiary/aromatic N) is 1. The summed E-state index contributed by atoms with van der Waals surface area (Å²) in [5, 5.41) is 9.63. The van der Waals surface area contributed by atoms with Gasteiger partial charge in [0.15, 0.2) is 0 Å². The van der Waals surface area contributed by atoms with Crippen molar-refractivity contribution < 1.29 is 4.21 Å². The lowest BCUT2D eigenvalue weighted by Gasteiger charge is -2.24. The highest BCUT2D eigenvalue weighted by Gasteiger charge is 2.29. The van der Waals surface area contributed by atoms with E-state index in [9.17, 15) is 9.47 Å². The molecule has 0 fully saturated rings. The third-order valence-electron chi connectivity index (χ3n) is 3.91. The van der Waals surface area contributed by atoms with Gasteiger partial charge in [0.2, 0.25) is 0 Å². The van der Waals surface area contributed by atoms with E-state index in [1.165, 1.54) is 0 Å². The van der Waals surface area contributed by atoms with Crippen LogP contribution in [-0.2, 0) is 16.2 Å². The minimum absolute atomic E-state index is 0.605. The molecule has 0 bridgehead atoms. The Labute approximate surface area is 135 Å². The Kier molecular flexibility index (Phi) is 5.15. The molecule has 114 valence electrons. The van der Waals surface area contributed by atoms with Crippen molar-refractivity contribution in [3.05, 3.63) is 59.7 Å². The molecule has 0 spiro atoms. The lowest BCUT2D eigenvalue weighted by molar-refractivity contribution is 0.533. The Morgan fingerprint density at radius 1 is 1.14 bits per heavy atom. The number of nitriles is 1. The minimum Gasteiger partial charge on any atom is -0.249 e. The normalized spacial score (nSPS) is 14.8. The number of hydrogen-bond acceptors (Lipinski definition) is 2. The van der Waals surface area contributed by atoms with Gasteiger partial charge in [-0.2, -0.15) is 5.26 Å². The van der Waals surface area contributed by atoms with Crippen molar-refractivity contribution in [2.24, 2.45) is 0 Å². The Bertz CT molecular complexity index is 715. The van der Waals surface area contributed by atoms with Crippen LogP contribution < -0.4 is 0 Å². The summed E-state index contributed by atoms with van der Waals surface area (Å²) in [5.74, 6) is 0. The lowest BCUT2D eigenvalue weighted by Crippen LogP contribution is -2.21. The van der Waals surface area contributed by atoms with Gasteiger partial charge in [-0.3, -0.25) is 0 Å². The van der Waals surface area contributed by atoms with Crippen LogP contribution in [0.15, 0.2) is 58.3 Å². The van der Waals surface area contributed by atoms with Crippen LogP contribution in [0, 0.1) is 18.3 Å². The molecular weight excluding hydrogens is 290 g/mol. The molecule has 0 radical (unpaired) electrons. The summed E-state index contributed by atoms with van der Waals surface area (Å²) in [4.78, 5) is 1.51. The molecule has 2 nitrogen and oxygen atoms in total. The van der Waals surface area contributed by atoms with E-state index >= 15 is 0 Å². The largest absolute Gasteiger partial charge is 0.249 e. The number of rotatable bonds is 5. The standard InChI is InChI=1S/C19H21NOS/c1-4-13-19(3,14-20)17-7-5-6-8-18(17)22(21)16-11-9-15(2)10-12-16/h5-12H,4,13H2,1-3H3/t19-,22?/m1/s1. The highest BCUT2D eigenvalue weighted by Crippen LogP contribution is 2.34. The molecule has 0 saturated heterocycles. The Morgan fingerprint density at radius 3 is 2.36 bits per heavy atom.